The van der Waals surface area contributed by atoms with E-state index in [-0.39, 0.29) is 12.0 Å². The van der Waals surface area contributed by atoms with E-state index in [1.54, 1.807) is 0 Å². The van der Waals surface area contributed by atoms with Gasteiger partial charge in [0, 0.05) is 6.42 Å². The molecule has 0 saturated carbocycles. The van der Waals surface area contributed by atoms with Crippen molar-refractivity contribution in [2.45, 2.75) is 19.4 Å². The minimum absolute atomic E-state index is 0.264. The molecule has 5 heteroatoms. The zero-order valence-corrected chi connectivity index (χ0v) is 7.32. The van der Waals surface area contributed by atoms with E-state index >= 15 is 0 Å². The first-order chi connectivity index (χ1) is 6.43. The van der Waals surface area contributed by atoms with Crippen molar-refractivity contribution in [3.8, 4) is 0 Å². The first-order valence-electron chi connectivity index (χ1n) is 3.93. The van der Waals surface area contributed by atoms with Crippen molar-refractivity contribution >= 4 is 0 Å². The Balaban J connectivity index is 3.19. The lowest BCUT2D eigenvalue weighted by molar-refractivity contribution is 0.193. The average molecular weight is 208 g/mol. The SMILES string of the molecule is C[C@@H](O)Cc1cc(F)c(F)c(F)c1F. The fraction of sp³-hybridized carbons (Fsp3) is 0.333. The molecule has 0 aromatic heterocycles. The van der Waals surface area contributed by atoms with Crippen LogP contribution in [0.25, 0.3) is 0 Å². The van der Waals surface area contributed by atoms with E-state index in [2.05, 4.69) is 0 Å². The second kappa shape index (κ2) is 3.96. The maximum atomic E-state index is 12.9. The monoisotopic (exact) mass is 208 g/mol. The Morgan fingerprint density at radius 3 is 2.21 bits per heavy atom. The first-order valence-corrected chi connectivity index (χ1v) is 3.93. The summed E-state index contributed by atoms with van der Waals surface area (Å²) < 4.78 is 50.6. The van der Waals surface area contributed by atoms with Crippen LogP contribution in [0.2, 0.25) is 0 Å². The molecule has 0 aliphatic heterocycles. The van der Waals surface area contributed by atoms with Crippen LogP contribution in [-0.2, 0) is 6.42 Å². The zero-order valence-electron chi connectivity index (χ0n) is 7.32. The number of aliphatic hydroxyl groups excluding tert-OH is 1. The Labute approximate surface area is 78.0 Å². The maximum absolute atomic E-state index is 12.9. The van der Waals surface area contributed by atoms with Crippen LogP contribution in [0.15, 0.2) is 6.07 Å². The largest absolute Gasteiger partial charge is 0.393 e. The minimum atomic E-state index is -1.85. The number of benzene rings is 1. The van der Waals surface area contributed by atoms with E-state index in [1.807, 2.05) is 0 Å². The van der Waals surface area contributed by atoms with Crippen LogP contribution in [0.4, 0.5) is 17.6 Å². The highest BCUT2D eigenvalue weighted by Gasteiger charge is 2.19. The fourth-order valence-corrected chi connectivity index (χ4v) is 1.09. The normalized spacial score (nSPS) is 13.0. The Kier molecular flexibility index (Phi) is 3.10. The van der Waals surface area contributed by atoms with E-state index in [0.717, 1.165) is 0 Å². The highest BCUT2D eigenvalue weighted by molar-refractivity contribution is 5.22. The number of hydrogen-bond donors (Lipinski definition) is 1. The highest BCUT2D eigenvalue weighted by Crippen LogP contribution is 2.19. The van der Waals surface area contributed by atoms with Crippen molar-refractivity contribution in [3.05, 3.63) is 34.9 Å². The van der Waals surface area contributed by atoms with Crippen LogP contribution < -0.4 is 0 Å². The van der Waals surface area contributed by atoms with Crippen molar-refractivity contribution in [3.63, 3.8) is 0 Å². The summed E-state index contributed by atoms with van der Waals surface area (Å²) in [5.41, 5.74) is -0.378. The van der Waals surface area contributed by atoms with Gasteiger partial charge in [-0.3, -0.25) is 0 Å². The lowest BCUT2D eigenvalue weighted by Gasteiger charge is -2.07. The first kappa shape index (κ1) is 11.0. The average Bonchev–Trinajstić information content (AvgIpc) is 2.10. The van der Waals surface area contributed by atoms with Crippen LogP contribution >= 0.6 is 0 Å². The molecule has 0 spiro atoms. The third-order valence-corrected chi connectivity index (χ3v) is 1.69. The Morgan fingerprint density at radius 1 is 1.14 bits per heavy atom. The second-order valence-electron chi connectivity index (χ2n) is 3.01. The highest BCUT2D eigenvalue weighted by atomic mass is 19.2. The summed E-state index contributed by atoms with van der Waals surface area (Å²) in [6.45, 7) is 1.33. The van der Waals surface area contributed by atoms with Gasteiger partial charge >= 0.3 is 0 Å². The number of aliphatic hydroxyl groups is 1. The molecule has 0 aliphatic rings. The summed E-state index contributed by atoms with van der Waals surface area (Å²) in [5, 5.41) is 8.88. The summed E-state index contributed by atoms with van der Waals surface area (Å²) in [6.07, 6.45) is -1.21. The predicted molar refractivity (Wildman–Crippen MR) is 41.7 cm³/mol. The lowest BCUT2D eigenvalue weighted by Crippen LogP contribution is -2.09. The molecule has 1 nitrogen and oxygen atoms in total. The summed E-state index contributed by atoms with van der Waals surface area (Å²) >= 11 is 0. The van der Waals surface area contributed by atoms with Gasteiger partial charge in [0.2, 0.25) is 0 Å². The van der Waals surface area contributed by atoms with Crippen LogP contribution in [0, 0.1) is 23.3 Å². The van der Waals surface area contributed by atoms with E-state index in [9.17, 15) is 17.6 Å². The maximum Gasteiger partial charge on any atom is 0.197 e. The van der Waals surface area contributed by atoms with Gasteiger partial charge in [0.05, 0.1) is 6.10 Å². The summed E-state index contributed by atoms with van der Waals surface area (Å²) in [7, 11) is 0. The molecule has 0 fully saturated rings. The van der Waals surface area contributed by atoms with Gasteiger partial charge in [-0.1, -0.05) is 0 Å². The van der Waals surface area contributed by atoms with Crippen molar-refractivity contribution in [1.82, 2.24) is 0 Å². The van der Waals surface area contributed by atoms with Crippen LogP contribution in [0.5, 0.6) is 0 Å². The van der Waals surface area contributed by atoms with Crippen molar-refractivity contribution < 1.29 is 22.7 Å². The van der Waals surface area contributed by atoms with Crippen LogP contribution in [0.3, 0.4) is 0 Å². The summed E-state index contributed by atoms with van der Waals surface area (Å²) in [6, 6.07) is 0.542. The molecular formula is C9H8F4O. The van der Waals surface area contributed by atoms with E-state index in [4.69, 9.17) is 5.11 Å². The summed E-state index contributed by atoms with van der Waals surface area (Å²) in [4.78, 5) is 0. The molecule has 78 valence electrons. The van der Waals surface area contributed by atoms with Crippen LogP contribution in [-0.4, -0.2) is 11.2 Å². The van der Waals surface area contributed by atoms with E-state index < -0.39 is 29.4 Å². The van der Waals surface area contributed by atoms with Gasteiger partial charge < -0.3 is 5.11 Å². The molecule has 1 aromatic carbocycles. The molecule has 0 aliphatic carbocycles. The topological polar surface area (TPSA) is 20.2 Å². The molecule has 0 saturated heterocycles. The second-order valence-corrected chi connectivity index (χ2v) is 3.01. The molecule has 0 bridgehead atoms. The molecule has 1 atom stereocenters. The third-order valence-electron chi connectivity index (χ3n) is 1.69. The molecule has 0 amide bonds. The molecule has 0 unspecified atom stereocenters. The Hall–Kier alpha value is -1.10. The van der Waals surface area contributed by atoms with Gasteiger partial charge in [0.25, 0.3) is 0 Å². The van der Waals surface area contributed by atoms with Crippen molar-refractivity contribution in [2.24, 2.45) is 0 Å². The van der Waals surface area contributed by atoms with E-state index in [0.29, 0.717) is 6.07 Å². The molecule has 1 N–H and O–H groups in total. The smallest absolute Gasteiger partial charge is 0.197 e. The van der Waals surface area contributed by atoms with E-state index in [1.165, 1.54) is 6.92 Å². The van der Waals surface area contributed by atoms with Gasteiger partial charge in [-0.2, -0.15) is 0 Å². The quantitative estimate of drug-likeness (QED) is 0.448. The number of hydrogen-bond acceptors (Lipinski definition) is 1. The van der Waals surface area contributed by atoms with Crippen LogP contribution in [0.1, 0.15) is 12.5 Å². The van der Waals surface area contributed by atoms with Gasteiger partial charge in [-0.05, 0) is 18.6 Å². The molecule has 0 heterocycles. The van der Waals surface area contributed by atoms with Gasteiger partial charge in [0.1, 0.15) is 0 Å². The standard InChI is InChI=1S/C9H8F4O/c1-4(14)2-5-3-6(10)8(12)9(13)7(5)11/h3-4,14H,2H2,1H3/t4-/m1/s1. The number of rotatable bonds is 2. The van der Waals surface area contributed by atoms with Gasteiger partial charge in [0.15, 0.2) is 23.3 Å². The minimum Gasteiger partial charge on any atom is -0.393 e. The fourth-order valence-electron chi connectivity index (χ4n) is 1.09. The van der Waals surface area contributed by atoms with Crippen molar-refractivity contribution in [2.75, 3.05) is 0 Å². The number of halogens is 4. The molecule has 14 heavy (non-hydrogen) atoms. The zero-order chi connectivity index (χ0) is 10.9. The Morgan fingerprint density at radius 2 is 1.71 bits per heavy atom. The van der Waals surface area contributed by atoms with Gasteiger partial charge in [-0.25, -0.2) is 17.6 Å². The lowest BCUT2D eigenvalue weighted by atomic mass is 10.1. The molecule has 1 rings (SSSR count). The predicted octanol–water partition coefficient (Wildman–Crippen LogP) is 2.17. The third kappa shape index (κ3) is 2.04. The van der Waals surface area contributed by atoms with Gasteiger partial charge in [-0.15, -0.1) is 0 Å². The summed E-state index contributed by atoms with van der Waals surface area (Å²) in [5.74, 6) is -6.60. The molecular weight excluding hydrogens is 200 g/mol. The molecule has 1 aromatic rings. The molecule has 0 radical (unpaired) electrons. The van der Waals surface area contributed by atoms with Crippen molar-refractivity contribution in [1.29, 1.82) is 0 Å². The Bertz CT molecular complexity index is 349.